The molecule has 0 aliphatic heterocycles. The Labute approximate surface area is 129 Å². The highest BCUT2D eigenvalue weighted by Crippen LogP contribution is 2.06. The Kier molecular flexibility index (Phi) is 4.95. The van der Waals surface area contributed by atoms with Gasteiger partial charge in [-0.3, -0.25) is 18.8 Å². The maximum atomic E-state index is 12.3. The number of fused-ring (bicyclic) bond motifs is 1. The molecule has 7 nitrogen and oxygen atoms in total. The molecule has 0 fully saturated rings. The number of hydrogen-bond acceptors (Lipinski definition) is 4. The van der Waals surface area contributed by atoms with Crippen molar-refractivity contribution in [1.82, 2.24) is 24.6 Å². The summed E-state index contributed by atoms with van der Waals surface area (Å²) in [5, 5.41) is 7.35. The first-order chi connectivity index (χ1) is 10.4. The molecule has 1 atom stereocenters. The predicted molar refractivity (Wildman–Crippen MR) is 84.4 cm³/mol. The van der Waals surface area contributed by atoms with Crippen molar-refractivity contribution in [2.24, 2.45) is 13.0 Å². The van der Waals surface area contributed by atoms with Crippen LogP contribution in [0.15, 0.2) is 17.3 Å². The van der Waals surface area contributed by atoms with Gasteiger partial charge in [0.25, 0.3) is 5.56 Å². The fourth-order valence-corrected chi connectivity index (χ4v) is 2.31. The van der Waals surface area contributed by atoms with E-state index in [1.54, 1.807) is 7.05 Å². The third kappa shape index (κ3) is 3.72. The van der Waals surface area contributed by atoms with Crippen molar-refractivity contribution in [2.75, 3.05) is 0 Å². The minimum atomic E-state index is -0.247. The zero-order valence-electron chi connectivity index (χ0n) is 13.5. The molecule has 1 unspecified atom stereocenters. The normalized spacial score (nSPS) is 12.8. The van der Waals surface area contributed by atoms with E-state index < -0.39 is 0 Å². The van der Waals surface area contributed by atoms with Crippen LogP contribution in [0.25, 0.3) is 11.0 Å². The Morgan fingerprint density at radius 2 is 2.05 bits per heavy atom. The summed E-state index contributed by atoms with van der Waals surface area (Å²) < 4.78 is 2.85. The fourth-order valence-electron chi connectivity index (χ4n) is 2.31. The molecule has 2 heterocycles. The number of hydrogen-bond donors (Lipinski definition) is 1. The molecule has 1 N–H and O–H groups in total. The first-order valence-corrected chi connectivity index (χ1v) is 7.55. The van der Waals surface area contributed by atoms with Crippen LogP contribution in [0.1, 0.15) is 33.6 Å². The fraction of sp³-hybridized carbons (Fsp3) is 0.600. The van der Waals surface area contributed by atoms with Crippen molar-refractivity contribution in [3.63, 3.8) is 0 Å². The summed E-state index contributed by atoms with van der Waals surface area (Å²) in [6, 6.07) is 0.0979. The molecule has 2 aromatic rings. The van der Waals surface area contributed by atoms with E-state index >= 15 is 0 Å². The van der Waals surface area contributed by atoms with Crippen molar-refractivity contribution in [3.8, 4) is 0 Å². The number of amides is 1. The number of nitrogens with one attached hydrogen (secondary N) is 1. The van der Waals surface area contributed by atoms with Crippen LogP contribution in [-0.2, 0) is 18.4 Å². The Morgan fingerprint density at radius 1 is 1.32 bits per heavy atom. The molecular formula is C15H23N5O2. The molecule has 0 aliphatic carbocycles. The van der Waals surface area contributed by atoms with Crippen LogP contribution in [0.2, 0.25) is 0 Å². The lowest BCUT2D eigenvalue weighted by Crippen LogP contribution is -2.37. The molecular weight excluding hydrogens is 282 g/mol. The van der Waals surface area contributed by atoms with Gasteiger partial charge in [-0.15, -0.1) is 0 Å². The molecule has 2 aromatic heterocycles. The summed E-state index contributed by atoms with van der Waals surface area (Å²) >= 11 is 0. The zero-order valence-corrected chi connectivity index (χ0v) is 13.5. The van der Waals surface area contributed by atoms with Gasteiger partial charge in [-0.2, -0.15) is 5.10 Å². The molecule has 0 saturated carbocycles. The highest BCUT2D eigenvalue weighted by Gasteiger charge is 2.12. The topological polar surface area (TPSA) is 81.8 Å². The van der Waals surface area contributed by atoms with Gasteiger partial charge in [0, 0.05) is 13.1 Å². The Bertz CT molecular complexity index is 716. The average molecular weight is 305 g/mol. The molecule has 0 bridgehead atoms. The maximum absolute atomic E-state index is 12.3. The van der Waals surface area contributed by atoms with Crippen molar-refractivity contribution >= 4 is 16.9 Å². The largest absolute Gasteiger partial charge is 0.352 e. The lowest BCUT2D eigenvalue weighted by atomic mass is 10.0. The molecule has 2 rings (SSSR count). The number of aromatic nitrogens is 4. The second-order valence-corrected chi connectivity index (χ2v) is 6.12. The highest BCUT2D eigenvalue weighted by molar-refractivity contribution is 5.77. The SMILES string of the molecule is CC(C)CCC(C)NC(=O)Cn1cnc2c(cnn2C)c1=O. The van der Waals surface area contributed by atoms with Crippen molar-refractivity contribution in [1.29, 1.82) is 0 Å². The summed E-state index contributed by atoms with van der Waals surface area (Å²) in [4.78, 5) is 28.5. The van der Waals surface area contributed by atoms with E-state index in [-0.39, 0.29) is 24.1 Å². The van der Waals surface area contributed by atoms with E-state index in [4.69, 9.17) is 0 Å². The lowest BCUT2D eigenvalue weighted by Gasteiger charge is -2.15. The van der Waals surface area contributed by atoms with Gasteiger partial charge in [-0.1, -0.05) is 13.8 Å². The molecule has 0 radical (unpaired) electrons. The van der Waals surface area contributed by atoms with Gasteiger partial charge < -0.3 is 5.32 Å². The molecule has 0 aromatic carbocycles. The molecule has 1 amide bonds. The minimum absolute atomic E-state index is 0.0251. The quantitative estimate of drug-likeness (QED) is 0.865. The van der Waals surface area contributed by atoms with Crippen LogP contribution in [0.5, 0.6) is 0 Å². The monoisotopic (exact) mass is 305 g/mol. The lowest BCUT2D eigenvalue weighted by molar-refractivity contribution is -0.122. The molecule has 0 spiro atoms. The minimum Gasteiger partial charge on any atom is -0.352 e. The van der Waals surface area contributed by atoms with Crippen molar-refractivity contribution in [3.05, 3.63) is 22.9 Å². The van der Waals surface area contributed by atoms with Gasteiger partial charge in [0.15, 0.2) is 5.65 Å². The van der Waals surface area contributed by atoms with Gasteiger partial charge >= 0.3 is 0 Å². The van der Waals surface area contributed by atoms with Crippen molar-refractivity contribution < 1.29 is 4.79 Å². The second-order valence-electron chi connectivity index (χ2n) is 6.12. The smallest absolute Gasteiger partial charge is 0.264 e. The average Bonchev–Trinajstić information content (AvgIpc) is 2.82. The summed E-state index contributed by atoms with van der Waals surface area (Å²) in [6.07, 6.45) is 4.86. The highest BCUT2D eigenvalue weighted by atomic mass is 16.2. The predicted octanol–water partition coefficient (Wildman–Crippen LogP) is 1.07. The van der Waals surface area contributed by atoms with Gasteiger partial charge in [-0.25, -0.2) is 4.98 Å². The second kappa shape index (κ2) is 6.72. The zero-order chi connectivity index (χ0) is 16.3. The number of carbonyl (C=O) groups excluding carboxylic acids is 1. The van der Waals surface area contributed by atoms with Gasteiger partial charge in [-0.05, 0) is 25.7 Å². The third-order valence-electron chi connectivity index (χ3n) is 3.62. The van der Waals surface area contributed by atoms with Gasteiger partial charge in [0.05, 0.1) is 6.20 Å². The third-order valence-corrected chi connectivity index (χ3v) is 3.62. The van der Waals surface area contributed by atoms with Gasteiger partial charge in [0.2, 0.25) is 5.91 Å². The first kappa shape index (κ1) is 16.2. The van der Waals surface area contributed by atoms with Gasteiger partial charge in [0.1, 0.15) is 18.3 Å². The van der Waals surface area contributed by atoms with Crippen LogP contribution in [0.3, 0.4) is 0 Å². The van der Waals surface area contributed by atoms with Crippen LogP contribution >= 0.6 is 0 Å². The molecule has 0 saturated heterocycles. The number of nitrogens with zero attached hydrogens (tertiary/aromatic N) is 4. The Morgan fingerprint density at radius 3 is 2.73 bits per heavy atom. The van der Waals surface area contributed by atoms with Crippen molar-refractivity contribution in [2.45, 2.75) is 46.2 Å². The first-order valence-electron chi connectivity index (χ1n) is 7.55. The summed E-state index contributed by atoms with van der Waals surface area (Å²) in [5.41, 5.74) is 0.273. The van der Waals surface area contributed by atoms with Crippen LogP contribution in [-0.4, -0.2) is 31.3 Å². The van der Waals surface area contributed by atoms with E-state index in [1.807, 2.05) is 6.92 Å². The van der Waals surface area contributed by atoms with Crippen LogP contribution < -0.4 is 10.9 Å². The van der Waals surface area contributed by atoms with E-state index in [9.17, 15) is 9.59 Å². The van der Waals surface area contributed by atoms with E-state index in [1.165, 1.54) is 21.8 Å². The molecule has 22 heavy (non-hydrogen) atoms. The van der Waals surface area contributed by atoms with Crippen LogP contribution in [0, 0.1) is 5.92 Å². The van der Waals surface area contributed by atoms with E-state index in [0.717, 1.165) is 12.8 Å². The molecule has 120 valence electrons. The maximum Gasteiger partial charge on any atom is 0.264 e. The summed E-state index contributed by atoms with van der Waals surface area (Å²) in [7, 11) is 1.72. The summed E-state index contributed by atoms with van der Waals surface area (Å²) in [5.74, 6) is 0.433. The van der Waals surface area contributed by atoms with E-state index in [0.29, 0.717) is 17.0 Å². The van der Waals surface area contributed by atoms with Crippen LogP contribution in [0.4, 0.5) is 0 Å². The number of carbonyl (C=O) groups is 1. The molecule has 0 aliphatic rings. The Balaban J connectivity index is 2.03. The number of rotatable bonds is 6. The molecule has 7 heteroatoms. The van der Waals surface area contributed by atoms with E-state index in [2.05, 4.69) is 29.2 Å². The standard InChI is InChI=1S/C15H23N5O2/c1-10(2)5-6-11(3)18-13(21)8-20-9-16-14-12(15(20)22)7-17-19(14)4/h7,9-11H,5-6,8H2,1-4H3,(H,18,21). The number of aryl methyl sites for hydroxylation is 1. The summed E-state index contributed by atoms with van der Waals surface area (Å²) in [6.45, 7) is 6.26. The Hall–Kier alpha value is -2.18.